The summed E-state index contributed by atoms with van der Waals surface area (Å²) in [6.07, 6.45) is 2.68. The Morgan fingerprint density at radius 1 is 1.62 bits per heavy atom. The van der Waals surface area contributed by atoms with Crippen LogP contribution in [0.2, 0.25) is 0 Å². The summed E-state index contributed by atoms with van der Waals surface area (Å²) >= 11 is 0. The lowest BCUT2D eigenvalue weighted by atomic mass is 10.2. The zero-order valence-electron chi connectivity index (χ0n) is 8.20. The molecular weight excluding hydrogens is 168 g/mol. The van der Waals surface area contributed by atoms with Crippen molar-refractivity contribution in [3.05, 3.63) is 17.5 Å². The lowest BCUT2D eigenvalue weighted by Crippen LogP contribution is -2.06. The molecule has 0 aliphatic heterocycles. The third-order valence-corrected chi connectivity index (χ3v) is 1.92. The molecular formula is C9H14N2O2. The molecule has 0 fully saturated rings. The molecule has 4 nitrogen and oxygen atoms in total. The zero-order chi connectivity index (χ0) is 9.84. The van der Waals surface area contributed by atoms with Crippen LogP contribution in [0, 0.1) is 0 Å². The largest absolute Gasteiger partial charge is 0.464 e. The van der Waals surface area contributed by atoms with Crippen LogP contribution in [0.1, 0.15) is 29.9 Å². The number of carbonyl (C=O) groups excluding carboxylic acids is 1. The number of methoxy groups -OCH3 is 1. The number of aromatic nitrogens is 2. The molecule has 0 aromatic carbocycles. The Bertz CT molecular complexity index is 305. The molecule has 0 atom stereocenters. The summed E-state index contributed by atoms with van der Waals surface area (Å²) in [6, 6.07) is 0. The van der Waals surface area contributed by atoms with Gasteiger partial charge in [-0.15, -0.1) is 0 Å². The zero-order valence-corrected chi connectivity index (χ0v) is 8.20. The van der Waals surface area contributed by atoms with Crippen LogP contribution >= 0.6 is 0 Å². The number of ether oxygens (including phenoxy) is 1. The first kappa shape index (κ1) is 9.77. The Kier molecular flexibility index (Phi) is 3.06. The molecule has 1 heterocycles. The van der Waals surface area contributed by atoms with Gasteiger partial charge in [-0.2, -0.15) is 5.10 Å². The average molecular weight is 182 g/mol. The van der Waals surface area contributed by atoms with Gasteiger partial charge in [0, 0.05) is 18.3 Å². The van der Waals surface area contributed by atoms with E-state index in [0.29, 0.717) is 5.69 Å². The van der Waals surface area contributed by atoms with E-state index < -0.39 is 0 Å². The molecule has 0 N–H and O–H groups in total. The predicted molar refractivity (Wildman–Crippen MR) is 48.6 cm³/mol. The standard InChI is InChI=1S/C9H14N2O2/c1-4-7-6-11(5-2)10-8(7)9(12)13-3/h6H,4-5H2,1-3H3. The Morgan fingerprint density at radius 2 is 2.31 bits per heavy atom. The van der Waals surface area contributed by atoms with Crippen molar-refractivity contribution in [3.8, 4) is 0 Å². The fourth-order valence-electron chi connectivity index (χ4n) is 1.15. The smallest absolute Gasteiger partial charge is 0.358 e. The first-order valence-corrected chi connectivity index (χ1v) is 4.37. The van der Waals surface area contributed by atoms with Gasteiger partial charge < -0.3 is 4.74 Å². The Hall–Kier alpha value is -1.32. The van der Waals surface area contributed by atoms with Gasteiger partial charge in [0.25, 0.3) is 0 Å². The van der Waals surface area contributed by atoms with E-state index in [0.717, 1.165) is 18.5 Å². The maximum atomic E-state index is 11.2. The molecule has 1 aromatic rings. The molecule has 1 rings (SSSR count). The number of nitrogens with zero attached hydrogens (tertiary/aromatic N) is 2. The van der Waals surface area contributed by atoms with Crippen molar-refractivity contribution < 1.29 is 9.53 Å². The minimum absolute atomic E-state index is 0.357. The third kappa shape index (κ3) is 1.88. The molecule has 4 heteroatoms. The molecule has 0 unspecified atom stereocenters. The lowest BCUT2D eigenvalue weighted by molar-refractivity contribution is 0.0592. The molecule has 13 heavy (non-hydrogen) atoms. The van der Waals surface area contributed by atoms with Gasteiger partial charge in [-0.25, -0.2) is 4.79 Å². The van der Waals surface area contributed by atoms with Crippen molar-refractivity contribution in [2.24, 2.45) is 0 Å². The van der Waals surface area contributed by atoms with Gasteiger partial charge in [0.15, 0.2) is 5.69 Å². The van der Waals surface area contributed by atoms with E-state index in [2.05, 4.69) is 9.84 Å². The van der Waals surface area contributed by atoms with E-state index in [9.17, 15) is 4.79 Å². The molecule has 0 saturated heterocycles. The van der Waals surface area contributed by atoms with Crippen LogP contribution in [0.4, 0.5) is 0 Å². The van der Waals surface area contributed by atoms with Crippen LogP contribution < -0.4 is 0 Å². The highest BCUT2D eigenvalue weighted by molar-refractivity contribution is 5.88. The quantitative estimate of drug-likeness (QED) is 0.661. The summed E-state index contributed by atoms with van der Waals surface area (Å²) in [5, 5.41) is 4.11. The van der Waals surface area contributed by atoms with Gasteiger partial charge in [0.1, 0.15) is 0 Å². The second-order valence-corrected chi connectivity index (χ2v) is 2.70. The number of rotatable bonds is 3. The molecule has 0 bridgehead atoms. The first-order valence-electron chi connectivity index (χ1n) is 4.37. The number of aryl methyl sites for hydroxylation is 2. The van der Waals surface area contributed by atoms with Crippen LogP contribution in [0.5, 0.6) is 0 Å². The molecule has 0 aliphatic rings. The normalized spacial score (nSPS) is 10.1. The van der Waals surface area contributed by atoms with Crippen molar-refractivity contribution >= 4 is 5.97 Å². The van der Waals surface area contributed by atoms with Gasteiger partial charge in [0.05, 0.1) is 7.11 Å². The van der Waals surface area contributed by atoms with E-state index in [1.807, 2.05) is 20.0 Å². The monoisotopic (exact) mass is 182 g/mol. The van der Waals surface area contributed by atoms with Crippen molar-refractivity contribution in [2.75, 3.05) is 7.11 Å². The van der Waals surface area contributed by atoms with Gasteiger partial charge in [0.2, 0.25) is 0 Å². The van der Waals surface area contributed by atoms with Gasteiger partial charge in [-0.05, 0) is 13.3 Å². The topological polar surface area (TPSA) is 44.1 Å². The maximum absolute atomic E-state index is 11.2. The molecule has 0 aliphatic carbocycles. The molecule has 0 radical (unpaired) electrons. The van der Waals surface area contributed by atoms with Gasteiger partial charge in [-0.1, -0.05) is 6.92 Å². The summed E-state index contributed by atoms with van der Waals surface area (Å²) in [5.74, 6) is -0.357. The number of esters is 1. The van der Waals surface area contributed by atoms with Crippen molar-refractivity contribution in [1.29, 1.82) is 0 Å². The van der Waals surface area contributed by atoms with E-state index in [4.69, 9.17) is 0 Å². The summed E-state index contributed by atoms with van der Waals surface area (Å²) in [4.78, 5) is 11.2. The molecule has 0 amide bonds. The van der Waals surface area contributed by atoms with Gasteiger partial charge in [-0.3, -0.25) is 4.68 Å². The average Bonchev–Trinajstić information content (AvgIpc) is 2.59. The fourth-order valence-corrected chi connectivity index (χ4v) is 1.15. The minimum Gasteiger partial charge on any atom is -0.464 e. The van der Waals surface area contributed by atoms with Crippen molar-refractivity contribution in [1.82, 2.24) is 9.78 Å². The van der Waals surface area contributed by atoms with Crippen LogP contribution in [-0.2, 0) is 17.7 Å². The molecule has 1 aromatic heterocycles. The fraction of sp³-hybridized carbons (Fsp3) is 0.556. The highest BCUT2D eigenvalue weighted by Crippen LogP contribution is 2.08. The third-order valence-electron chi connectivity index (χ3n) is 1.92. The number of carbonyl (C=O) groups is 1. The summed E-state index contributed by atoms with van der Waals surface area (Å²) < 4.78 is 6.36. The van der Waals surface area contributed by atoms with E-state index in [1.54, 1.807) is 4.68 Å². The van der Waals surface area contributed by atoms with Gasteiger partial charge >= 0.3 is 5.97 Å². The first-order chi connectivity index (χ1) is 6.22. The maximum Gasteiger partial charge on any atom is 0.358 e. The predicted octanol–water partition coefficient (Wildman–Crippen LogP) is 1.25. The van der Waals surface area contributed by atoms with E-state index in [1.165, 1.54) is 7.11 Å². The summed E-state index contributed by atoms with van der Waals surface area (Å²) in [6.45, 7) is 4.74. The lowest BCUT2D eigenvalue weighted by Gasteiger charge is -1.95. The van der Waals surface area contributed by atoms with Crippen molar-refractivity contribution in [2.45, 2.75) is 26.8 Å². The SMILES string of the molecule is CCc1cn(CC)nc1C(=O)OC. The minimum atomic E-state index is -0.357. The number of hydrogen-bond donors (Lipinski definition) is 0. The van der Waals surface area contributed by atoms with Crippen LogP contribution in [0.15, 0.2) is 6.20 Å². The molecule has 72 valence electrons. The van der Waals surface area contributed by atoms with Crippen molar-refractivity contribution in [3.63, 3.8) is 0 Å². The highest BCUT2D eigenvalue weighted by atomic mass is 16.5. The van der Waals surface area contributed by atoms with Crippen LogP contribution in [0.3, 0.4) is 0 Å². The Labute approximate surface area is 77.5 Å². The second kappa shape index (κ2) is 4.07. The van der Waals surface area contributed by atoms with Crippen LogP contribution in [0.25, 0.3) is 0 Å². The summed E-state index contributed by atoms with van der Waals surface area (Å²) in [7, 11) is 1.37. The number of hydrogen-bond acceptors (Lipinski definition) is 3. The molecule has 0 spiro atoms. The van der Waals surface area contributed by atoms with Crippen LogP contribution in [-0.4, -0.2) is 22.9 Å². The molecule has 0 saturated carbocycles. The van der Waals surface area contributed by atoms with E-state index in [-0.39, 0.29) is 5.97 Å². The second-order valence-electron chi connectivity index (χ2n) is 2.70. The Balaban J connectivity index is 3.03. The van der Waals surface area contributed by atoms with E-state index >= 15 is 0 Å². The Morgan fingerprint density at radius 3 is 2.77 bits per heavy atom. The summed E-state index contributed by atoms with van der Waals surface area (Å²) in [5.41, 5.74) is 1.38. The highest BCUT2D eigenvalue weighted by Gasteiger charge is 2.14.